The molecule has 0 spiro atoms. The first-order valence-corrected chi connectivity index (χ1v) is 6.11. The molecule has 0 saturated carbocycles. The lowest BCUT2D eigenvalue weighted by Gasteiger charge is -2.26. The summed E-state index contributed by atoms with van der Waals surface area (Å²) in [6.45, 7) is 9.39. The van der Waals surface area contributed by atoms with Gasteiger partial charge < -0.3 is 10.1 Å². The summed E-state index contributed by atoms with van der Waals surface area (Å²) in [5.41, 5.74) is -0.104. The van der Waals surface area contributed by atoms with Crippen molar-refractivity contribution in [3.63, 3.8) is 0 Å². The number of hydrogen-bond donors (Lipinski definition) is 1. The number of ether oxygens (including phenoxy) is 1. The van der Waals surface area contributed by atoms with Gasteiger partial charge in [0, 0.05) is 36.2 Å². The van der Waals surface area contributed by atoms with Gasteiger partial charge in [-0.15, -0.1) is 0 Å². The molecule has 0 saturated heterocycles. The average Bonchev–Trinajstić information content (AvgIpc) is 2.23. The molecule has 0 aliphatic carbocycles. The van der Waals surface area contributed by atoms with Crippen molar-refractivity contribution in [2.75, 3.05) is 13.2 Å². The number of nitrogens with one attached hydrogen (secondary N) is 1. The number of rotatable bonds is 6. The highest BCUT2D eigenvalue weighted by Crippen LogP contribution is 2.20. The Labute approximate surface area is 107 Å². The van der Waals surface area contributed by atoms with E-state index in [-0.39, 0.29) is 11.2 Å². The predicted molar refractivity (Wildman–Crippen MR) is 68.8 cm³/mol. The highest BCUT2D eigenvalue weighted by atomic mass is 19.1. The fraction of sp³-hybridized carbons (Fsp3) is 0.571. The third kappa shape index (κ3) is 5.45. The van der Waals surface area contributed by atoms with E-state index in [1.165, 1.54) is 12.1 Å². The third-order valence-electron chi connectivity index (χ3n) is 2.45. The molecule has 0 unspecified atom stereocenters. The van der Waals surface area contributed by atoms with Gasteiger partial charge in [-0.1, -0.05) is 27.7 Å². The summed E-state index contributed by atoms with van der Waals surface area (Å²) in [4.78, 5) is 0. The second-order valence-electron chi connectivity index (χ2n) is 5.59. The molecule has 1 aromatic carbocycles. The fourth-order valence-corrected chi connectivity index (χ4v) is 1.42. The first-order chi connectivity index (χ1) is 8.28. The van der Waals surface area contributed by atoms with Gasteiger partial charge in [-0.05, 0) is 0 Å². The van der Waals surface area contributed by atoms with Crippen LogP contribution < -0.4 is 10.1 Å². The molecule has 0 amide bonds. The van der Waals surface area contributed by atoms with Crippen LogP contribution in [-0.4, -0.2) is 19.2 Å². The first-order valence-electron chi connectivity index (χ1n) is 6.11. The summed E-state index contributed by atoms with van der Waals surface area (Å²) in [5.74, 6) is -1.02. The Hall–Kier alpha value is -1.16. The van der Waals surface area contributed by atoms with Crippen molar-refractivity contribution in [3.05, 3.63) is 29.8 Å². The SMILES string of the molecule is CC(C)NCC(C)(C)COc1cc(F)cc(F)c1. The molecule has 1 N–H and O–H groups in total. The Bertz CT molecular complexity index is 371. The van der Waals surface area contributed by atoms with Gasteiger partial charge in [-0.3, -0.25) is 0 Å². The minimum Gasteiger partial charge on any atom is -0.493 e. The summed E-state index contributed by atoms with van der Waals surface area (Å²) in [6.07, 6.45) is 0. The van der Waals surface area contributed by atoms with Crippen molar-refractivity contribution in [2.24, 2.45) is 5.41 Å². The lowest BCUT2D eigenvalue weighted by Crippen LogP contribution is -2.37. The molecule has 0 bridgehead atoms. The van der Waals surface area contributed by atoms with Crippen molar-refractivity contribution in [2.45, 2.75) is 33.7 Å². The van der Waals surface area contributed by atoms with Gasteiger partial charge in [-0.2, -0.15) is 0 Å². The van der Waals surface area contributed by atoms with Crippen LogP contribution in [0, 0.1) is 17.0 Å². The zero-order valence-electron chi connectivity index (χ0n) is 11.4. The molecule has 4 heteroatoms. The van der Waals surface area contributed by atoms with Crippen molar-refractivity contribution in [1.29, 1.82) is 0 Å². The molecule has 2 nitrogen and oxygen atoms in total. The average molecular weight is 257 g/mol. The number of hydrogen-bond acceptors (Lipinski definition) is 2. The Morgan fingerprint density at radius 1 is 1.17 bits per heavy atom. The van der Waals surface area contributed by atoms with Crippen LogP contribution in [0.4, 0.5) is 8.78 Å². The summed E-state index contributed by atoms with van der Waals surface area (Å²) in [7, 11) is 0. The molecule has 0 radical (unpaired) electrons. The maximum absolute atomic E-state index is 13.0. The zero-order valence-corrected chi connectivity index (χ0v) is 11.4. The molecule has 1 aromatic rings. The molecule has 0 aromatic heterocycles. The van der Waals surface area contributed by atoms with Gasteiger partial charge in [0.15, 0.2) is 0 Å². The van der Waals surface area contributed by atoms with E-state index < -0.39 is 11.6 Å². The quantitative estimate of drug-likeness (QED) is 0.843. The van der Waals surface area contributed by atoms with E-state index in [1.54, 1.807) is 0 Å². The van der Waals surface area contributed by atoms with Crippen LogP contribution in [0.2, 0.25) is 0 Å². The van der Waals surface area contributed by atoms with Crippen LogP contribution in [0.3, 0.4) is 0 Å². The van der Waals surface area contributed by atoms with Crippen LogP contribution in [-0.2, 0) is 0 Å². The van der Waals surface area contributed by atoms with Crippen molar-refractivity contribution in [3.8, 4) is 5.75 Å². The van der Waals surface area contributed by atoms with Crippen molar-refractivity contribution >= 4 is 0 Å². The Morgan fingerprint density at radius 2 is 1.72 bits per heavy atom. The molecule has 0 atom stereocenters. The van der Waals surface area contributed by atoms with Crippen LogP contribution in [0.5, 0.6) is 5.75 Å². The topological polar surface area (TPSA) is 21.3 Å². The molecular weight excluding hydrogens is 236 g/mol. The first kappa shape index (κ1) is 14.9. The van der Waals surface area contributed by atoms with Crippen LogP contribution in [0.1, 0.15) is 27.7 Å². The Balaban J connectivity index is 2.52. The predicted octanol–water partition coefficient (Wildman–Crippen LogP) is 3.37. The van der Waals surface area contributed by atoms with Crippen LogP contribution >= 0.6 is 0 Å². The Kier molecular flexibility index (Phi) is 5.08. The molecule has 0 aliphatic rings. The van der Waals surface area contributed by atoms with Gasteiger partial charge >= 0.3 is 0 Å². The second-order valence-corrected chi connectivity index (χ2v) is 5.59. The molecule has 0 heterocycles. The molecule has 0 fully saturated rings. The zero-order chi connectivity index (χ0) is 13.8. The van der Waals surface area contributed by atoms with E-state index in [4.69, 9.17) is 4.74 Å². The fourth-order valence-electron chi connectivity index (χ4n) is 1.42. The maximum Gasteiger partial charge on any atom is 0.129 e. The van der Waals surface area contributed by atoms with E-state index >= 15 is 0 Å². The maximum atomic E-state index is 13.0. The van der Waals surface area contributed by atoms with Gasteiger partial charge in [-0.25, -0.2) is 8.78 Å². The van der Waals surface area contributed by atoms with Gasteiger partial charge in [0.25, 0.3) is 0 Å². The van der Waals surface area contributed by atoms with Crippen LogP contribution in [0.15, 0.2) is 18.2 Å². The van der Waals surface area contributed by atoms with E-state index in [1.807, 2.05) is 13.8 Å². The second kappa shape index (κ2) is 6.14. The van der Waals surface area contributed by atoms with Gasteiger partial charge in [0.1, 0.15) is 17.4 Å². The van der Waals surface area contributed by atoms with E-state index in [2.05, 4.69) is 19.2 Å². The number of benzene rings is 1. The summed E-state index contributed by atoms with van der Waals surface area (Å²) >= 11 is 0. The lowest BCUT2D eigenvalue weighted by molar-refractivity contribution is 0.172. The summed E-state index contributed by atoms with van der Waals surface area (Å²) < 4.78 is 31.4. The largest absolute Gasteiger partial charge is 0.493 e. The van der Waals surface area contributed by atoms with Crippen LogP contribution in [0.25, 0.3) is 0 Å². The van der Waals surface area contributed by atoms with Crippen molar-refractivity contribution < 1.29 is 13.5 Å². The van der Waals surface area contributed by atoms with Gasteiger partial charge in [0.05, 0.1) is 6.61 Å². The molecular formula is C14H21F2NO. The standard InChI is InChI=1S/C14H21F2NO/c1-10(2)17-8-14(3,4)9-18-13-6-11(15)5-12(16)7-13/h5-7,10,17H,8-9H2,1-4H3. The highest BCUT2D eigenvalue weighted by molar-refractivity contribution is 5.23. The van der Waals surface area contributed by atoms with E-state index in [9.17, 15) is 8.78 Å². The molecule has 1 rings (SSSR count). The Morgan fingerprint density at radius 3 is 2.22 bits per heavy atom. The highest BCUT2D eigenvalue weighted by Gasteiger charge is 2.19. The normalized spacial score (nSPS) is 11.9. The smallest absolute Gasteiger partial charge is 0.129 e. The minimum absolute atomic E-state index is 0.104. The molecule has 0 aliphatic heterocycles. The summed E-state index contributed by atoms with van der Waals surface area (Å²) in [5, 5.41) is 3.32. The van der Waals surface area contributed by atoms with E-state index in [0.29, 0.717) is 12.6 Å². The van der Waals surface area contributed by atoms with Crippen molar-refractivity contribution in [1.82, 2.24) is 5.32 Å². The summed E-state index contributed by atoms with van der Waals surface area (Å²) in [6, 6.07) is 3.61. The number of halogens is 2. The lowest BCUT2D eigenvalue weighted by atomic mass is 9.94. The molecule has 18 heavy (non-hydrogen) atoms. The monoisotopic (exact) mass is 257 g/mol. The van der Waals surface area contributed by atoms with Gasteiger partial charge in [0.2, 0.25) is 0 Å². The molecule has 102 valence electrons. The minimum atomic E-state index is -0.622. The third-order valence-corrected chi connectivity index (χ3v) is 2.45. The van der Waals surface area contributed by atoms with E-state index in [0.717, 1.165) is 12.6 Å².